The molecule has 27 heavy (non-hydrogen) atoms. The first-order valence-electron chi connectivity index (χ1n) is 9.18. The molecule has 1 amide bonds. The van der Waals surface area contributed by atoms with E-state index in [1.165, 1.54) is 12.1 Å². The van der Waals surface area contributed by atoms with Crippen LogP contribution in [-0.4, -0.2) is 19.0 Å². The van der Waals surface area contributed by atoms with Crippen LogP contribution in [0.1, 0.15) is 30.9 Å². The molecule has 1 N–H and O–H groups in total. The summed E-state index contributed by atoms with van der Waals surface area (Å²) in [6, 6.07) is 14.2. The summed E-state index contributed by atoms with van der Waals surface area (Å²) in [7, 11) is 0. The van der Waals surface area contributed by atoms with E-state index in [1.807, 2.05) is 36.1 Å². The predicted octanol–water partition coefficient (Wildman–Crippen LogP) is 4.53. The molecule has 4 nitrogen and oxygen atoms in total. The zero-order valence-corrected chi connectivity index (χ0v) is 15.3. The van der Waals surface area contributed by atoms with E-state index >= 15 is 0 Å². The van der Waals surface area contributed by atoms with Crippen molar-refractivity contribution in [1.29, 1.82) is 5.26 Å². The van der Waals surface area contributed by atoms with Crippen LogP contribution in [0.4, 0.5) is 15.8 Å². The van der Waals surface area contributed by atoms with Gasteiger partial charge in [-0.15, -0.1) is 0 Å². The fraction of sp³-hybridized carbons (Fsp3) is 0.273. The highest BCUT2D eigenvalue weighted by atomic mass is 19.1. The van der Waals surface area contributed by atoms with Crippen molar-refractivity contribution in [1.82, 2.24) is 0 Å². The van der Waals surface area contributed by atoms with Crippen LogP contribution in [0.25, 0.3) is 6.08 Å². The Hall–Kier alpha value is -3.13. The van der Waals surface area contributed by atoms with Gasteiger partial charge in [-0.25, -0.2) is 4.39 Å². The summed E-state index contributed by atoms with van der Waals surface area (Å²) in [5.74, 6) is -0.831. The van der Waals surface area contributed by atoms with Gasteiger partial charge in [-0.05, 0) is 54.7 Å². The molecule has 2 aromatic carbocycles. The van der Waals surface area contributed by atoms with Gasteiger partial charge in [0.25, 0.3) is 5.91 Å². The molecule has 138 valence electrons. The first-order valence-corrected chi connectivity index (χ1v) is 9.18. The molecule has 3 rings (SSSR count). The zero-order valence-electron chi connectivity index (χ0n) is 15.3. The Morgan fingerprint density at radius 3 is 2.67 bits per heavy atom. The van der Waals surface area contributed by atoms with E-state index < -0.39 is 5.91 Å². The lowest BCUT2D eigenvalue weighted by atomic mass is 10.1. The molecule has 0 aromatic heterocycles. The SMILES string of the molecule is CCc1ccccc1NC(=O)/C(C#N)=C\c1ccc(N2CCCC2)c(F)c1. The van der Waals surface area contributed by atoms with E-state index in [4.69, 9.17) is 0 Å². The lowest BCUT2D eigenvalue weighted by molar-refractivity contribution is -0.112. The van der Waals surface area contributed by atoms with E-state index in [0.717, 1.165) is 37.9 Å². The molecule has 0 unspecified atom stereocenters. The number of carbonyl (C=O) groups excluding carboxylic acids is 1. The Balaban J connectivity index is 1.80. The Labute approximate surface area is 158 Å². The maximum absolute atomic E-state index is 14.4. The first kappa shape index (κ1) is 18.7. The van der Waals surface area contributed by atoms with Crippen LogP contribution in [0.5, 0.6) is 0 Å². The molecule has 0 aliphatic carbocycles. The highest BCUT2D eigenvalue weighted by molar-refractivity contribution is 6.10. The lowest BCUT2D eigenvalue weighted by Gasteiger charge is -2.18. The number of nitrogens with zero attached hydrogens (tertiary/aromatic N) is 2. The molecule has 0 radical (unpaired) electrons. The van der Waals surface area contributed by atoms with E-state index in [9.17, 15) is 14.4 Å². The Bertz CT molecular complexity index is 908. The van der Waals surface area contributed by atoms with Crippen LogP contribution in [0.3, 0.4) is 0 Å². The van der Waals surface area contributed by atoms with Gasteiger partial charge in [0, 0.05) is 18.8 Å². The number of para-hydroxylation sites is 1. The molecule has 1 aliphatic heterocycles. The molecule has 5 heteroatoms. The smallest absolute Gasteiger partial charge is 0.266 e. The normalized spacial score (nSPS) is 14.1. The molecule has 0 saturated carbocycles. The maximum atomic E-state index is 14.4. The number of hydrogen-bond donors (Lipinski definition) is 1. The van der Waals surface area contributed by atoms with E-state index in [-0.39, 0.29) is 11.4 Å². The second-order valence-corrected chi connectivity index (χ2v) is 6.54. The standard InChI is InChI=1S/C22H22FN3O/c1-2-17-7-3-4-8-20(17)25-22(27)18(15-24)13-16-9-10-21(19(23)14-16)26-11-5-6-12-26/h3-4,7-10,13-14H,2,5-6,11-12H2,1H3,(H,25,27)/b18-13-. The van der Waals surface area contributed by atoms with Crippen molar-refractivity contribution >= 4 is 23.4 Å². The van der Waals surface area contributed by atoms with Gasteiger partial charge in [0.05, 0.1) is 5.69 Å². The van der Waals surface area contributed by atoms with Gasteiger partial charge in [-0.2, -0.15) is 5.26 Å². The summed E-state index contributed by atoms with van der Waals surface area (Å²) in [6.45, 7) is 3.71. The predicted molar refractivity (Wildman–Crippen MR) is 106 cm³/mol. The van der Waals surface area contributed by atoms with Crippen molar-refractivity contribution in [3.63, 3.8) is 0 Å². The minimum absolute atomic E-state index is 0.0609. The molecule has 1 fully saturated rings. The molecule has 0 atom stereocenters. The summed E-state index contributed by atoms with van der Waals surface area (Å²) in [4.78, 5) is 14.5. The number of aryl methyl sites for hydroxylation is 1. The minimum atomic E-state index is -0.498. The number of nitriles is 1. The molecule has 1 heterocycles. The molecule has 2 aromatic rings. The van der Waals surface area contributed by atoms with Crippen molar-refractivity contribution in [3.8, 4) is 6.07 Å². The van der Waals surface area contributed by atoms with Crippen LogP contribution >= 0.6 is 0 Å². The molecular weight excluding hydrogens is 341 g/mol. The number of halogens is 1. The lowest BCUT2D eigenvalue weighted by Crippen LogP contribution is -2.18. The highest BCUT2D eigenvalue weighted by Gasteiger charge is 2.17. The highest BCUT2D eigenvalue weighted by Crippen LogP contribution is 2.25. The minimum Gasteiger partial charge on any atom is -0.369 e. The monoisotopic (exact) mass is 363 g/mol. The molecule has 1 saturated heterocycles. The van der Waals surface area contributed by atoms with Crippen molar-refractivity contribution in [2.24, 2.45) is 0 Å². The maximum Gasteiger partial charge on any atom is 0.266 e. The van der Waals surface area contributed by atoms with Crippen molar-refractivity contribution in [2.75, 3.05) is 23.3 Å². The Kier molecular flexibility index (Phi) is 5.87. The first-order chi connectivity index (χ1) is 13.1. The van der Waals surface area contributed by atoms with Crippen LogP contribution in [0.2, 0.25) is 0 Å². The third-order valence-electron chi connectivity index (χ3n) is 4.74. The van der Waals surface area contributed by atoms with Crippen molar-refractivity contribution in [2.45, 2.75) is 26.2 Å². The average molecular weight is 363 g/mol. The number of benzene rings is 2. The van der Waals surface area contributed by atoms with E-state index in [0.29, 0.717) is 16.9 Å². The fourth-order valence-electron chi connectivity index (χ4n) is 3.28. The van der Waals surface area contributed by atoms with Gasteiger partial charge in [0.1, 0.15) is 17.5 Å². The summed E-state index contributed by atoms with van der Waals surface area (Å²) in [6.07, 6.45) is 4.32. The van der Waals surface area contributed by atoms with Gasteiger partial charge >= 0.3 is 0 Å². The molecule has 0 bridgehead atoms. The van der Waals surface area contributed by atoms with Gasteiger partial charge in [0.15, 0.2) is 0 Å². The van der Waals surface area contributed by atoms with E-state index in [2.05, 4.69) is 5.32 Å². The van der Waals surface area contributed by atoms with Crippen LogP contribution in [-0.2, 0) is 11.2 Å². The second-order valence-electron chi connectivity index (χ2n) is 6.54. The zero-order chi connectivity index (χ0) is 19.2. The molecule has 0 spiro atoms. The number of rotatable bonds is 5. The summed E-state index contributed by atoms with van der Waals surface area (Å²) in [5, 5.41) is 12.1. The van der Waals surface area contributed by atoms with Crippen molar-refractivity contribution < 1.29 is 9.18 Å². The summed E-state index contributed by atoms with van der Waals surface area (Å²) in [5.41, 5.74) is 2.68. The number of anilines is 2. The average Bonchev–Trinajstić information content (AvgIpc) is 3.21. The number of hydrogen-bond acceptors (Lipinski definition) is 3. The molecule has 1 aliphatic rings. The van der Waals surface area contributed by atoms with Gasteiger partial charge in [-0.3, -0.25) is 4.79 Å². The van der Waals surface area contributed by atoms with Crippen LogP contribution in [0, 0.1) is 17.1 Å². The Morgan fingerprint density at radius 2 is 2.00 bits per heavy atom. The van der Waals surface area contributed by atoms with Crippen LogP contribution in [0.15, 0.2) is 48.0 Å². The quantitative estimate of drug-likeness (QED) is 0.627. The largest absolute Gasteiger partial charge is 0.369 e. The fourth-order valence-corrected chi connectivity index (χ4v) is 3.28. The van der Waals surface area contributed by atoms with Crippen molar-refractivity contribution in [3.05, 3.63) is 65.0 Å². The van der Waals surface area contributed by atoms with E-state index in [1.54, 1.807) is 18.2 Å². The van der Waals surface area contributed by atoms with Crippen LogP contribution < -0.4 is 10.2 Å². The number of nitrogens with one attached hydrogen (secondary N) is 1. The van der Waals surface area contributed by atoms with Gasteiger partial charge < -0.3 is 10.2 Å². The third-order valence-corrected chi connectivity index (χ3v) is 4.74. The number of carbonyl (C=O) groups is 1. The van der Waals surface area contributed by atoms with Gasteiger partial charge in [0.2, 0.25) is 0 Å². The summed E-state index contributed by atoms with van der Waals surface area (Å²) < 4.78 is 14.4. The van der Waals surface area contributed by atoms with Gasteiger partial charge in [-0.1, -0.05) is 31.2 Å². The topological polar surface area (TPSA) is 56.1 Å². The molecular formula is C22H22FN3O. The summed E-state index contributed by atoms with van der Waals surface area (Å²) >= 11 is 0. The second kappa shape index (κ2) is 8.50. The Morgan fingerprint density at radius 1 is 1.26 bits per heavy atom. The third kappa shape index (κ3) is 4.35. The number of amides is 1.